The molecule has 10 nitrogen and oxygen atoms in total. The van der Waals surface area contributed by atoms with E-state index in [0.29, 0.717) is 18.2 Å². The third-order valence-corrected chi connectivity index (χ3v) is 5.05. The summed E-state index contributed by atoms with van der Waals surface area (Å²) >= 11 is 0. The van der Waals surface area contributed by atoms with Gasteiger partial charge in [0, 0.05) is 31.7 Å². The minimum absolute atomic E-state index is 0.00793. The molecule has 0 spiro atoms. The number of hydrogen-bond donors (Lipinski definition) is 1. The van der Waals surface area contributed by atoms with E-state index in [-0.39, 0.29) is 23.7 Å². The molecule has 0 saturated carbocycles. The quantitative estimate of drug-likeness (QED) is 0.386. The van der Waals surface area contributed by atoms with Crippen molar-refractivity contribution < 1.29 is 24.0 Å². The van der Waals surface area contributed by atoms with Crippen molar-refractivity contribution in [1.82, 2.24) is 10.2 Å². The molecule has 0 unspecified atom stereocenters. The van der Waals surface area contributed by atoms with Crippen LogP contribution in [0.3, 0.4) is 0 Å². The van der Waals surface area contributed by atoms with Crippen LogP contribution in [0.2, 0.25) is 0 Å². The number of nitro groups is 1. The van der Waals surface area contributed by atoms with E-state index in [1.807, 2.05) is 25.7 Å². The van der Waals surface area contributed by atoms with E-state index in [1.54, 1.807) is 6.07 Å². The summed E-state index contributed by atoms with van der Waals surface area (Å²) in [6.45, 7) is 8.26. The zero-order valence-electron chi connectivity index (χ0n) is 19.3. The van der Waals surface area contributed by atoms with Gasteiger partial charge in [-0.15, -0.1) is 0 Å². The third kappa shape index (κ3) is 7.21. The molecule has 1 N–H and O–H groups in total. The maximum Gasteiger partial charge on any atom is 0.338 e. The van der Waals surface area contributed by atoms with Gasteiger partial charge in [-0.2, -0.15) is 0 Å². The lowest BCUT2D eigenvalue weighted by atomic mass is 9.99. The maximum atomic E-state index is 12.4. The van der Waals surface area contributed by atoms with Crippen molar-refractivity contribution in [2.24, 2.45) is 5.92 Å². The van der Waals surface area contributed by atoms with Gasteiger partial charge in [0.25, 0.3) is 11.6 Å². The van der Waals surface area contributed by atoms with Crippen LogP contribution < -0.4 is 10.2 Å². The third-order valence-electron chi connectivity index (χ3n) is 5.05. The van der Waals surface area contributed by atoms with Crippen molar-refractivity contribution >= 4 is 29.2 Å². The lowest BCUT2D eigenvalue weighted by Gasteiger charge is -2.32. The van der Waals surface area contributed by atoms with Gasteiger partial charge in [-0.25, -0.2) is 4.79 Å². The van der Waals surface area contributed by atoms with E-state index >= 15 is 0 Å². The van der Waals surface area contributed by atoms with Crippen molar-refractivity contribution in [3.05, 3.63) is 33.9 Å². The Kier molecular flexibility index (Phi) is 8.18. The Hall–Kier alpha value is -3.17. The minimum Gasteiger partial charge on any atom is -0.452 e. The summed E-state index contributed by atoms with van der Waals surface area (Å²) in [5.41, 5.74) is -0.137. The highest BCUT2D eigenvalue weighted by Gasteiger charge is 2.26. The number of carbonyl (C=O) groups is 3. The first kappa shape index (κ1) is 25.1. The molecule has 1 atom stereocenters. The first-order chi connectivity index (χ1) is 14.9. The summed E-state index contributed by atoms with van der Waals surface area (Å²) in [4.78, 5) is 50.7. The van der Waals surface area contributed by atoms with Crippen LogP contribution in [0.4, 0.5) is 11.4 Å². The first-order valence-electron chi connectivity index (χ1n) is 10.6. The molecule has 1 aliphatic rings. The molecule has 0 aromatic heterocycles. The fourth-order valence-electron chi connectivity index (χ4n) is 3.55. The van der Waals surface area contributed by atoms with Crippen molar-refractivity contribution in [3.63, 3.8) is 0 Å². The zero-order chi connectivity index (χ0) is 24.1. The lowest BCUT2D eigenvalue weighted by Crippen LogP contribution is -2.46. The topological polar surface area (TPSA) is 122 Å². The van der Waals surface area contributed by atoms with Gasteiger partial charge in [0.05, 0.1) is 17.0 Å². The highest BCUT2D eigenvalue weighted by molar-refractivity contribution is 5.93. The molecule has 1 heterocycles. The average molecular weight is 449 g/mol. The van der Waals surface area contributed by atoms with Crippen LogP contribution >= 0.6 is 0 Å². The number of nitrogens with one attached hydrogen (secondary N) is 1. The van der Waals surface area contributed by atoms with E-state index in [4.69, 9.17) is 4.74 Å². The maximum absolute atomic E-state index is 12.4. The van der Waals surface area contributed by atoms with Crippen molar-refractivity contribution in [2.75, 3.05) is 38.2 Å². The molecule has 1 aromatic rings. The van der Waals surface area contributed by atoms with Crippen LogP contribution in [-0.2, 0) is 14.3 Å². The molecule has 1 fully saturated rings. The molecule has 0 aliphatic carbocycles. The molecule has 32 heavy (non-hydrogen) atoms. The van der Waals surface area contributed by atoms with Gasteiger partial charge in [-0.1, -0.05) is 6.92 Å². The Morgan fingerprint density at radius 1 is 1.31 bits per heavy atom. The number of nitrogens with zero attached hydrogens (tertiary/aromatic N) is 3. The van der Waals surface area contributed by atoms with Gasteiger partial charge in [-0.05, 0) is 51.7 Å². The molecule has 1 aromatic carbocycles. The molecule has 1 aliphatic heterocycles. The van der Waals surface area contributed by atoms with Crippen molar-refractivity contribution in [1.29, 1.82) is 0 Å². The van der Waals surface area contributed by atoms with E-state index in [0.717, 1.165) is 24.3 Å². The summed E-state index contributed by atoms with van der Waals surface area (Å²) in [6.07, 6.45) is 2.03. The number of benzene rings is 1. The van der Waals surface area contributed by atoms with Crippen LogP contribution in [0.15, 0.2) is 18.2 Å². The normalized spacial score (nSPS) is 16.3. The molecule has 2 amide bonds. The number of hydrogen-bond acceptors (Lipinski definition) is 7. The van der Waals surface area contributed by atoms with Gasteiger partial charge < -0.3 is 19.9 Å². The molecule has 0 bridgehead atoms. The van der Waals surface area contributed by atoms with Gasteiger partial charge >= 0.3 is 5.97 Å². The number of nitro benzene ring substituents is 1. The molecular weight excluding hydrogens is 416 g/mol. The summed E-state index contributed by atoms with van der Waals surface area (Å²) in [7, 11) is 1.43. The van der Waals surface area contributed by atoms with Crippen LogP contribution in [0.1, 0.15) is 50.9 Å². The lowest BCUT2D eigenvalue weighted by molar-refractivity contribution is -0.384. The van der Waals surface area contributed by atoms with E-state index in [1.165, 1.54) is 19.2 Å². The number of rotatable bonds is 7. The Morgan fingerprint density at radius 2 is 2.00 bits per heavy atom. The average Bonchev–Trinajstić information content (AvgIpc) is 2.69. The van der Waals surface area contributed by atoms with Crippen LogP contribution in [0, 0.1) is 16.0 Å². The predicted octanol–water partition coefficient (Wildman–Crippen LogP) is 2.36. The Balaban J connectivity index is 2.00. The Bertz CT molecular complexity index is 880. The summed E-state index contributed by atoms with van der Waals surface area (Å²) in [6, 6.07) is 4.20. The fourth-order valence-corrected chi connectivity index (χ4v) is 3.55. The summed E-state index contributed by atoms with van der Waals surface area (Å²) < 4.78 is 5.03. The van der Waals surface area contributed by atoms with Crippen molar-refractivity contribution in [3.8, 4) is 0 Å². The smallest absolute Gasteiger partial charge is 0.338 e. The summed E-state index contributed by atoms with van der Waals surface area (Å²) in [5.74, 6) is -1.30. The largest absolute Gasteiger partial charge is 0.452 e. The van der Waals surface area contributed by atoms with Crippen LogP contribution in [0.5, 0.6) is 0 Å². The Labute approximate surface area is 188 Å². The number of likely N-dealkylation sites (N-methyl/N-ethyl adjacent to an activating group) is 1. The molecular formula is C22H32N4O6. The van der Waals surface area contributed by atoms with E-state index in [2.05, 4.69) is 12.2 Å². The molecule has 1 saturated heterocycles. The zero-order valence-corrected chi connectivity index (χ0v) is 19.3. The molecule has 0 radical (unpaired) electrons. The minimum atomic E-state index is -0.840. The first-order valence-corrected chi connectivity index (χ1v) is 10.6. The predicted molar refractivity (Wildman–Crippen MR) is 120 cm³/mol. The monoisotopic (exact) mass is 448 g/mol. The second-order valence-electron chi connectivity index (χ2n) is 9.28. The fraction of sp³-hybridized carbons (Fsp3) is 0.591. The van der Waals surface area contributed by atoms with E-state index in [9.17, 15) is 24.5 Å². The van der Waals surface area contributed by atoms with Crippen molar-refractivity contribution in [2.45, 2.75) is 46.1 Å². The molecule has 2 rings (SSSR count). The number of amides is 2. The number of carbonyl (C=O) groups excluding carboxylic acids is 3. The second kappa shape index (κ2) is 10.4. The number of anilines is 1. The highest BCUT2D eigenvalue weighted by Crippen LogP contribution is 2.32. The Morgan fingerprint density at radius 3 is 2.59 bits per heavy atom. The standard InChI is InChI=1S/C22H32N4O6/c1-15-7-6-10-25(12-15)17-9-8-16(11-18(17)26(30)31)21(29)32-14-20(28)24(5)13-19(27)23-22(2,3)4/h8-9,11,15H,6-7,10,12-14H2,1-5H3,(H,23,27)/t15-/m1/s1. The summed E-state index contributed by atoms with van der Waals surface area (Å²) in [5, 5.41) is 14.3. The number of piperidine rings is 1. The van der Waals surface area contributed by atoms with Gasteiger partial charge in [0.2, 0.25) is 5.91 Å². The van der Waals surface area contributed by atoms with Gasteiger partial charge in [-0.3, -0.25) is 19.7 Å². The van der Waals surface area contributed by atoms with E-state index < -0.39 is 28.9 Å². The number of ether oxygens (including phenoxy) is 1. The molecule has 176 valence electrons. The highest BCUT2D eigenvalue weighted by atomic mass is 16.6. The number of esters is 1. The SMILES string of the molecule is C[C@@H]1CCCN(c2ccc(C(=O)OCC(=O)N(C)CC(=O)NC(C)(C)C)cc2[N+](=O)[O-])C1. The van der Waals surface area contributed by atoms with Crippen LogP contribution in [-0.4, -0.2) is 66.4 Å². The molecule has 10 heteroatoms. The van der Waals surface area contributed by atoms with Gasteiger partial charge in [0.15, 0.2) is 6.61 Å². The van der Waals surface area contributed by atoms with Crippen LogP contribution in [0.25, 0.3) is 0 Å². The van der Waals surface area contributed by atoms with Gasteiger partial charge in [0.1, 0.15) is 5.69 Å². The second-order valence-corrected chi connectivity index (χ2v) is 9.28.